The van der Waals surface area contributed by atoms with Gasteiger partial charge in [0.1, 0.15) is 0 Å². The second-order valence-corrected chi connectivity index (χ2v) is 1.34. The molecule has 0 amide bonds. The summed E-state index contributed by atoms with van der Waals surface area (Å²) >= 11 is 0. The van der Waals surface area contributed by atoms with E-state index in [1.54, 1.807) is 0 Å². The van der Waals surface area contributed by atoms with Gasteiger partial charge in [0.05, 0.1) is 0 Å². The zero-order chi connectivity index (χ0) is 4.50. The van der Waals surface area contributed by atoms with E-state index in [0.29, 0.717) is 0 Å². The van der Waals surface area contributed by atoms with Crippen LogP contribution in [0.2, 0.25) is 0 Å². The van der Waals surface area contributed by atoms with Crippen molar-refractivity contribution in [3.8, 4) is 0 Å². The van der Waals surface area contributed by atoms with Crippen LogP contribution >= 0.6 is 0 Å². The average molecular weight is 327 g/mol. The molecule has 7 heavy (non-hydrogen) atoms. The van der Waals surface area contributed by atoms with Crippen LogP contribution in [0.25, 0.3) is 0 Å². The maximum atomic E-state index is 8.74. The van der Waals surface area contributed by atoms with Crippen LogP contribution in [0, 0.1) is 0 Å². The molecule has 0 spiro atoms. The summed E-state index contributed by atoms with van der Waals surface area (Å²) in [6.45, 7) is 0. The zero-order valence-corrected chi connectivity index (χ0v) is 8.66. The molecule has 4 nitrogen and oxygen atoms in total. The summed E-state index contributed by atoms with van der Waals surface area (Å²) in [5, 5.41) is 0. The van der Waals surface area contributed by atoms with Gasteiger partial charge in [-0.05, 0) is 0 Å². The van der Waals surface area contributed by atoms with Crippen molar-refractivity contribution >= 4 is 10.4 Å². The van der Waals surface area contributed by atoms with Crippen molar-refractivity contribution in [1.82, 2.24) is 0 Å². The molecule has 0 aromatic carbocycles. The SMILES string of the molecule is O=S(=O)(O)O.[Ta].[Ti]. The molecule has 0 rings (SSSR count). The first-order valence-electron chi connectivity index (χ1n) is 0.698. The molecule has 0 fully saturated rings. The van der Waals surface area contributed by atoms with Gasteiger partial charge in [-0.1, -0.05) is 0 Å². The molecule has 0 aliphatic heterocycles. The van der Waals surface area contributed by atoms with Crippen LogP contribution in [0.1, 0.15) is 0 Å². The molecule has 7 heteroatoms. The molecule has 0 aliphatic rings. The minimum atomic E-state index is -4.67. The Morgan fingerprint density at radius 2 is 1.14 bits per heavy atom. The smallest absolute Gasteiger partial charge is 0.264 e. The second-order valence-electron chi connectivity index (χ2n) is 0.448. The Balaban J connectivity index is -0.0000000800. The van der Waals surface area contributed by atoms with Crippen molar-refractivity contribution < 1.29 is 61.6 Å². The van der Waals surface area contributed by atoms with Gasteiger partial charge in [-0.2, -0.15) is 8.42 Å². The predicted octanol–water partition coefficient (Wildman–Crippen LogP) is -0.658. The van der Waals surface area contributed by atoms with Crippen LogP contribution in [0.5, 0.6) is 0 Å². The molecule has 0 unspecified atom stereocenters. The Bertz CT molecular complexity index is 94.9. The molecule has 0 aliphatic carbocycles. The summed E-state index contributed by atoms with van der Waals surface area (Å²) in [6.07, 6.45) is 0. The van der Waals surface area contributed by atoms with E-state index in [4.69, 9.17) is 17.5 Å². The van der Waals surface area contributed by atoms with Gasteiger partial charge in [-0.3, -0.25) is 9.11 Å². The normalized spacial score (nSPS) is 8.29. The minimum Gasteiger partial charge on any atom is -0.264 e. The standard InChI is InChI=1S/H2O4S.Ta.Ti/c1-5(2,3)4;;/h(H2,1,2,3,4);;. The Hall–Kier alpha value is 1.32. The topological polar surface area (TPSA) is 74.6 Å². The van der Waals surface area contributed by atoms with Gasteiger partial charge in [0, 0.05) is 44.1 Å². The number of hydrogen-bond acceptors (Lipinski definition) is 2. The predicted molar refractivity (Wildman–Crippen MR) is 14.2 cm³/mol. The van der Waals surface area contributed by atoms with E-state index in [-0.39, 0.29) is 44.1 Å². The third-order valence-electron chi connectivity index (χ3n) is 0. The van der Waals surface area contributed by atoms with E-state index in [0.717, 1.165) is 0 Å². The third-order valence-corrected chi connectivity index (χ3v) is 0. The number of hydrogen-bond donors (Lipinski definition) is 2. The van der Waals surface area contributed by atoms with Crippen molar-refractivity contribution in [2.45, 2.75) is 0 Å². The zero-order valence-electron chi connectivity index (χ0n) is 3.07. The van der Waals surface area contributed by atoms with Crippen molar-refractivity contribution in [3.05, 3.63) is 0 Å². The van der Waals surface area contributed by atoms with Gasteiger partial charge in [0.15, 0.2) is 0 Å². The second kappa shape index (κ2) is 5.46. The van der Waals surface area contributed by atoms with Crippen molar-refractivity contribution in [1.29, 1.82) is 0 Å². The van der Waals surface area contributed by atoms with E-state index in [1.165, 1.54) is 0 Å². The van der Waals surface area contributed by atoms with E-state index in [9.17, 15) is 0 Å². The van der Waals surface area contributed by atoms with E-state index >= 15 is 0 Å². The molecule has 0 atom stereocenters. The van der Waals surface area contributed by atoms with E-state index in [2.05, 4.69) is 0 Å². The van der Waals surface area contributed by atoms with Crippen molar-refractivity contribution in [2.24, 2.45) is 0 Å². The summed E-state index contributed by atoms with van der Waals surface area (Å²) in [6, 6.07) is 0. The van der Waals surface area contributed by atoms with Gasteiger partial charge in [0.25, 0.3) is 0 Å². The van der Waals surface area contributed by atoms with Crippen LogP contribution in [0.15, 0.2) is 0 Å². The van der Waals surface area contributed by atoms with Gasteiger partial charge in [-0.15, -0.1) is 0 Å². The first-order chi connectivity index (χ1) is 2.00. The Kier molecular flexibility index (Phi) is 12.3. The molecule has 0 heterocycles. The fraction of sp³-hybridized carbons (Fsp3) is 0. The quantitative estimate of drug-likeness (QED) is 0.458. The fourth-order valence-corrected chi connectivity index (χ4v) is 0. The van der Waals surface area contributed by atoms with E-state index < -0.39 is 10.4 Å². The Labute approximate surface area is 71.6 Å². The average Bonchev–Trinajstić information content (AvgIpc) is 0.722. The molecule has 41 valence electrons. The number of rotatable bonds is 0. The summed E-state index contributed by atoms with van der Waals surface area (Å²) in [5.74, 6) is 0. The molecule has 0 saturated carbocycles. The monoisotopic (exact) mass is 327 g/mol. The van der Waals surface area contributed by atoms with Crippen LogP contribution in [-0.2, 0) is 54.5 Å². The third kappa shape index (κ3) is 118. The molecule has 0 saturated heterocycles. The van der Waals surface area contributed by atoms with E-state index in [1.807, 2.05) is 0 Å². The van der Waals surface area contributed by atoms with Crippen LogP contribution in [0.3, 0.4) is 0 Å². The maximum absolute atomic E-state index is 8.74. The van der Waals surface area contributed by atoms with Gasteiger partial charge < -0.3 is 0 Å². The minimum absolute atomic E-state index is 0. The largest absolute Gasteiger partial charge is 0.394 e. The Morgan fingerprint density at radius 1 is 1.14 bits per heavy atom. The molecule has 0 bridgehead atoms. The summed E-state index contributed by atoms with van der Waals surface area (Å²) in [5.41, 5.74) is 0. The maximum Gasteiger partial charge on any atom is 0.394 e. The summed E-state index contributed by atoms with van der Waals surface area (Å²) < 4.78 is 31.6. The summed E-state index contributed by atoms with van der Waals surface area (Å²) in [7, 11) is -4.67. The molecular weight excluding hydrogens is 325 g/mol. The molecule has 1 radical (unpaired) electrons. The van der Waals surface area contributed by atoms with Crippen molar-refractivity contribution in [3.63, 3.8) is 0 Å². The fourth-order valence-electron chi connectivity index (χ4n) is 0. The van der Waals surface area contributed by atoms with Crippen LogP contribution in [-0.4, -0.2) is 17.5 Å². The van der Waals surface area contributed by atoms with Gasteiger partial charge in [-0.25, -0.2) is 0 Å². The Morgan fingerprint density at radius 3 is 1.14 bits per heavy atom. The molecule has 2 N–H and O–H groups in total. The molecular formula is H2O4STaTi. The first-order valence-corrected chi connectivity index (χ1v) is 2.10. The van der Waals surface area contributed by atoms with Crippen LogP contribution < -0.4 is 0 Å². The van der Waals surface area contributed by atoms with Crippen LogP contribution in [0.4, 0.5) is 0 Å². The van der Waals surface area contributed by atoms with Gasteiger partial charge in [0.2, 0.25) is 0 Å². The van der Waals surface area contributed by atoms with Gasteiger partial charge >= 0.3 is 10.4 Å². The molecule has 0 aromatic rings. The first kappa shape index (κ1) is 15.8. The molecule has 0 aromatic heterocycles. The summed E-state index contributed by atoms with van der Waals surface area (Å²) in [4.78, 5) is 0. The van der Waals surface area contributed by atoms with Crippen molar-refractivity contribution in [2.75, 3.05) is 0 Å².